The standard InChI is InChI=1S/C15H20N2O3/c1-4-10(2)16-15(20)12-7-5-6-8-13(12)17-14(19)9-11(3)18/h5-8,10H,4,9H2,1-3H3,(H,16,20)(H,17,19). The molecule has 0 fully saturated rings. The molecule has 2 amide bonds. The summed E-state index contributed by atoms with van der Waals surface area (Å²) in [4.78, 5) is 34.6. The van der Waals surface area contributed by atoms with Gasteiger partial charge in [0.1, 0.15) is 5.78 Å². The van der Waals surface area contributed by atoms with Gasteiger partial charge in [0.25, 0.3) is 5.91 Å². The van der Waals surface area contributed by atoms with Crippen molar-refractivity contribution in [3.63, 3.8) is 0 Å². The number of hydrogen-bond donors (Lipinski definition) is 2. The Morgan fingerprint density at radius 1 is 1.20 bits per heavy atom. The fraction of sp³-hybridized carbons (Fsp3) is 0.400. The number of carbonyl (C=O) groups is 3. The Labute approximate surface area is 118 Å². The van der Waals surface area contributed by atoms with E-state index in [-0.39, 0.29) is 24.2 Å². The fourth-order valence-corrected chi connectivity index (χ4v) is 1.61. The second-order valence-electron chi connectivity index (χ2n) is 4.76. The number of rotatable bonds is 6. The van der Waals surface area contributed by atoms with Gasteiger partial charge in [0, 0.05) is 6.04 Å². The highest BCUT2D eigenvalue weighted by molar-refractivity contribution is 6.07. The number of benzene rings is 1. The van der Waals surface area contributed by atoms with Crippen molar-refractivity contribution in [3.8, 4) is 0 Å². The van der Waals surface area contributed by atoms with E-state index >= 15 is 0 Å². The summed E-state index contributed by atoms with van der Waals surface area (Å²) >= 11 is 0. The summed E-state index contributed by atoms with van der Waals surface area (Å²) in [6.45, 7) is 5.24. The van der Waals surface area contributed by atoms with Crippen LogP contribution in [-0.2, 0) is 9.59 Å². The molecule has 0 aliphatic heterocycles. The summed E-state index contributed by atoms with van der Waals surface area (Å²) in [5.74, 6) is -0.872. The van der Waals surface area contributed by atoms with Crippen LogP contribution in [0, 0.1) is 0 Å². The molecule has 0 aliphatic rings. The number of hydrogen-bond acceptors (Lipinski definition) is 3. The molecule has 1 aromatic carbocycles. The molecule has 0 heterocycles. The third-order valence-electron chi connectivity index (χ3n) is 2.85. The Kier molecular flexibility index (Phi) is 5.90. The molecule has 1 rings (SSSR count). The summed E-state index contributed by atoms with van der Waals surface area (Å²) in [7, 11) is 0. The van der Waals surface area contributed by atoms with Gasteiger partial charge in [-0.3, -0.25) is 14.4 Å². The summed E-state index contributed by atoms with van der Waals surface area (Å²) < 4.78 is 0. The lowest BCUT2D eigenvalue weighted by Gasteiger charge is -2.14. The van der Waals surface area contributed by atoms with Gasteiger partial charge in [0.2, 0.25) is 5.91 Å². The lowest BCUT2D eigenvalue weighted by molar-refractivity contribution is -0.124. The molecule has 2 N–H and O–H groups in total. The fourth-order valence-electron chi connectivity index (χ4n) is 1.61. The van der Waals surface area contributed by atoms with Gasteiger partial charge >= 0.3 is 0 Å². The zero-order valence-corrected chi connectivity index (χ0v) is 12.0. The van der Waals surface area contributed by atoms with Crippen molar-refractivity contribution in [1.82, 2.24) is 5.32 Å². The van der Waals surface area contributed by atoms with Gasteiger partial charge in [0.05, 0.1) is 17.7 Å². The monoisotopic (exact) mass is 276 g/mol. The van der Waals surface area contributed by atoms with Gasteiger partial charge in [-0.05, 0) is 32.4 Å². The van der Waals surface area contributed by atoms with Crippen LogP contribution in [0.25, 0.3) is 0 Å². The zero-order chi connectivity index (χ0) is 15.1. The smallest absolute Gasteiger partial charge is 0.253 e. The molecule has 20 heavy (non-hydrogen) atoms. The van der Waals surface area contributed by atoms with Gasteiger partial charge in [0.15, 0.2) is 0 Å². The van der Waals surface area contributed by atoms with Crippen LogP contribution >= 0.6 is 0 Å². The molecule has 0 bridgehead atoms. The third-order valence-corrected chi connectivity index (χ3v) is 2.85. The van der Waals surface area contributed by atoms with Crippen LogP contribution in [0.5, 0.6) is 0 Å². The average Bonchev–Trinajstić information content (AvgIpc) is 2.37. The number of anilines is 1. The van der Waals surface area contributed by atoms with Gasteiger partial charge < -0.3 is 10.6 Å². The van der Waals surface area contributed by atoms with E-state index in [1.807, 2.05) is 13.8 Å². The minimum absolute atomic E-state index is 0.0588. The highest BCUT2D eigenvalue weighted by Crippen LogP contribution is 2.15. The highest BCUT2D eigenvalue weighted by atomic mass is 16.2. The first-order chi connectivity index (χ1) is 9.43. The molecule has 5 nitrogen and oxygen atoms in total. The summed E-state index contributed by atoms with van der Waals surface area (Å²) in [6.07, 6.45) is 0.631. The van der Waals surface area contributed by atoms with Gasteiger partial charge in [-0.2, -0.15) is 0 Å². The maximum Gasteiger partial charge on any atom is 0.253 e. The van der Waals surface area contributed by atoms with Crippen molar-refractivity contribution >= 4 is 23.3 Å². The maximum absolute atomic E-state index is 12.1. The van der Waals surface area contributed by atoms with Crippen LogP contribution in [0.2, 0.25) is 0 Å². The average molecular weight is 276 g/mol. The predicted molar refractivity (Wildman–Crippen MR) is 77.6 cm³/mol. The zero-order valence-electron chi connectivity index (χ0n) is 12.0. The Morgan fingerprint density at radius 2 is 1.85 bits per heavy atom. The number of para-hydroxylation sites is 1. The number of Topliss-reactive ketones (excluding diaryl/α,β-unsaturated/α-hetero) is 1. The number of ketones is 1. The molecular formula is C15H20N2O3. The van der Waals surface area contributed by atoms with E-state index in [0.717, 1.165) is 6.42 Å². The summed E-state index contributed by atoms with van der Waals surface area (Å²) in [5.41, 5.74) is 0.809. The Morgan fingerprint density at radius 3 is 2.45 bits per heavy atom. The summed E-state index contributed by atoms with van der Waals surface area (Å²) in [5, 5.41) is 5.44. The molecule has 0 radical (unpaired) electrons. The van der Waals surface area contributed by atoms with Crippen molar-refractivity contribution in [2.45, 2.75) is 39.7 Å². The van der Waals surface area contributed by atoms with E-state index in [2.05, 4.69) is 10.6 Å². The van der Waals surface area contributed by atoms with Crippen LogP contribution in [0.15, 0.2) is 24.3 Å². The van der Waals surface area contributed by atoms with E-state index < -0.39 is 5.91 Å². The first-order valence-electron chi connectivity index (χ1n) is 6.63. The molecule has 0 aromatic heterocycles. The first kappa shape index (κ1) is 15.9. The lowest BCUT2D eigenvalue weighted by Crippen LogP contribution is -2.32. The van der Waals surface area contributed by atoms with Gasteiger partial charge in [-0.15, -0.1) is 0 Å². The Balaban J connectivity index is 2.85. The van der Waals surface area contributed by atoms with E-state index in [9.17, 15) is 14.4 Å². The maximum atomic E-state index is 12.1. The van der Waals surface area contributed by atoms with Crippen LogP contribution in [0.3, 0.4) is 0 Å². The first-order valence-corrected chi connectivity index (χ1v) is 6.63. The third kappa shape index (κ3) is 4.84. The Hall–Kier alpha value is -2.17. The molecule has 0 saturated carbocycles. The minimum atomic E-state index is -0.415. The molecule has 108 valence electrons. The van der Waals surface area contributed by atoms with Crippen LogP contribution in [-0.4, -0.2) is 23.6 Å². The largest absolute Gasteiger partial charge is 0.350 e. The quantitative estimate of drug-likeness (QED) is 0.782. The molecule has 0 spiro atoms. The Bertz CT molecular complexity index is 512. The second-order valence-corrected chi connectivity index (χ2v) is 4.76. The minimum Gasteiger partial charge on any atom is -0.350 e. The molecule has 1 unspecified atom stereocenters. The second kappa shape index (κ2) is 7.43. The molecule has 1 aromatic rings. The van der Waals surface area contributed by atoms with E-state index in [4.69, 9.17) is 0 Å². The van der Waals surface area contributed by atoms with E-state index in [1.54, 1.807) is 24.3 Å². The number of nitrogens with one attached hydrogen (secondary N) is 2. The van der Waals surface area contributed by atoms with E-state index in [1.165, 1.54) is 6.92 Å². The predicted octanol–water partition coefficient (Wildman–Crippen LogP) is 2.13. The summed E-state index contributed by atoms with van der Waals surface area (Å²) in [6, 6.07) is 6.80. The number of amides is 2. The SMILES string of the molecule is CCC(C)NC(=O)c1ccccc1NC(=O)CC(C)=O. The van der Waals surface area contributed by atoms with E-state index in [0.29, 0.717) is 11.3 Å². The van der Waals surface area contributed by atoms with Crippen LogP contribution < -0.4 is 10.6 Å². The highest BCUT2D eigenvalue weighted by Gasteiger charge is 2.14. The van der Waals surface area contributed by atoms with Crippen molar-refractivity contribution in [2.24, 2.45) is 0 Å². The number of carbonyl (C=O) groups excluding carboxylic acids is 3. The van der Waals surface area contributed by atoms with Crippen molar-refractivity contribution < 1.29 is 14.4 Å². The van der Waals surface area contributed by atoms with Crippen molar-refractivity contribution in [3.05, 3.63) is 29.8 Å². The normalized spacial score (nSPS) is 11.6. The molecule has 0 aliphatic carbocycles. The molecular weight excluding hydrogens is 256 g/mol. The lowest BCUT2D eigenvalue weighted by atomic mass is 10.1. The molecule has 1 atom stereocenters. The van der Waals surface area contributed by atoms with Gasteiger partial charge in [-0.25, -0.2) is 0 Å². The van der Waals surface area contributed by atoms with Crippen LogP contribution in [0.1, 0.15) is 44.0 Å². The molecule has 5 heteroatoms. The topological polar surface area (TPSA) is 75.3 Å². The van der Waals surface area contributed by atoms with Crippen molar-refractivity contribution in [1.29, 1.82) is 0 Å². The van der Waals surface area contributed by atoms with Crippen molar-refractivity contribution in [2.75, 3.05) is 5.32 Å². The molecule has 0 saturated heterocycles. The van der Waals surface area contributed by atoms with Crippen LogP contribution in [0.4, 0.5) is 5.69 Å². The van der Waals surface area contributed by atoms with Gasteiger partial charge in [-0.1, -0.05) is 19.1 Å².